The van der Waals surface area contributed by atoms with E-state index in [-0.39, 0.29) is 17.6 Å². The molecule has 2 amide bonds. The third-order valence-corrected chi connectivity index (χ3v) is 6.25. The highest BCUT2D eigenvalue weighted by Crippen LogP contribution is 2.46. The molecule has 0 aromatic heterocycles. The molecule has 1 unspecified atom stereocenters. The van der Waals surface area contributed by atoms with Crippen LogP contribution in [0.15, 0.2) is 48.5 Å². The Morgan fingerprint density at radius 3 is 2.29 bits per heavy atom. The van der Waals surface area contributed by atoms with E-state index < -0.39 is 16.7 Å². The normalized spacial score (nSPS) is 14.3. The number of rotatable bonds is 6. The van der Waals surface area contributed by atoms with Crippen LogP contribution < -0.4 is 20.7 Å². The zero-order valence-electron chi connectivity index (χ0n) is 20.3. The molecule has 10 heteroatoms. The van der Waals surface area contributed by atoms with Gasteiger partial charge in [-0.05, 0) is 45.0 Å². The summed E-state index contributed by atoms with van der Waals surface area (Å²) in [6.07, 6.45) is 0. The van der Waals surface area contributed by atoms with Crippen LogP contribution in [0.3, 0.4) is 0 Å². The lowest BCUT2D eigenvalue weighted by atomic mass is 9.85. The fraction of sp³-hybridized carbons (Fsp3) is 0.280. The summed E-state index contributed by atoms with van der Waals surface area (Å²) in [6.45, 7) is 7.74. The van der Waals surface area contributed by atoms with Crippen molar-refractivity contribution in [3.63, 3.8) is 0 Å². The number of hydrogen-bond acceptors (Lipinski definition) is 6. The monoisotopic (exact) mass is 498 g/mol. The van der Waals surface area contributed by atoms with Gasteiger partial charge in [0.1, 0.15) is 5.75 Å². The molecular weight excluding hydrogens is 468 g/mol. The third kappa shape index (κ3) is 5.55. The lowest BCUT2D eigenvalue weighted by Gasteiger charge is -2.18. The molecule has 1 aliphatic rings. The second kappa shape index (κ2) is 10.7. The van der Waals surface area contributed by atoms with Crippen LogP contribution in [0.5, 0.6) is 5.75 Å². The number of aromatic hydroxyl groups is 1. The highest BCUT2D eigenvalue weighted by Gasteiger charge is 2.41. The van der Waals surface area contributed by atoms with E-state index >= 15 is 0 Å². The van der Waals surface area contributed by atoms with Gasteiger partial charge in [-0.15, -0.1) is 0 Å². The lowest BCUT2D eigenvalue weighted by molar-refractivity contribution is -0.119. The molecule has 0 aliphatic carbocycles. The second-order valence-electron chi connectivity index (χ2n) is 8.38. The molecule has 3 aromatic rings. The smallest absolute Gasteiger partial charge is 0.261 e. The third-order valence-electron chi connectivity index (χ3n) is 5.56. The van der Waals surface area contributed by atoms with Crippen LogP contribution in [0, 0.1) is 0 Å². The molecule has 0 spiro atoms. The topological polar surface area (TPSA) is 129 Å². The fourth-order valence-corrected chi connectivity index (χ4v) is 4.33. The molecule has 1 heterocycles. The largest absolute Gasteiger partial charge is 0.505 e. The van der Waals surface area contributed by atoms with Crippen LogP contribution in [0.1, 0.15) is 33.3 Å². The summed E-state index contributed by atoms with van der Waals surface area (Å²) in [5.41, 5.74) is 2.50. The predicted octanol–water partition coefficient (Wildman–Crippen LogP) is 4.49. The van der Waals surface area contributed by atoms with E-state index in [1.165, 1.54) is 14.0 Å². The van der Waals surface area contributed by atoms with E-state index in [2.05, 4.69) is 27.6 Å². The summed E-state index contributed by atoms with van der Waals surface area (Å²) in [6, 6.07) is 15.1. The second-order valence-corrected chi connectivity index (χ2v) is 9.39. The van der Waals surface area contributed by atoms with E-state index in [1.54, 1.807) is 26.0 Å². The van der Waals surface area contributed by atoms with E-state index in [0.29, 0.717) is 16.9 Å². The molecular formula is C25H30N4O5S. The number of phenolic OH excluding ortho intramolecular Hbond substituents is 1. The van der Waals surface area contributed by atoms with Crippen molar-refractivity contribution in [2.45, 2.75) is 33.1 Å². The van der Waals surface area contributed by atoms with Gasteiger partial charge in [0.2, 0.25) is 11.8 Å². The van der Waals surface area contributed by atoms with E-state index in [9.17, 15) is 18.9 Å². The maximum Gasteiger partial charge on any atom is 0.261 e. The van der Waals surface area contributed by atoms with Crippen molar-refractivity contribution >= 4 is 56.6 Å². The average molecular weight is 499 g/mol. The Hall–Kier alpha value is -3.63. The van der Waals surface area contributed by atoms with Gasteiger partial charge in [-0.3, -0.25) is 18.5 Å². The number of nitrogens with one attached hydrogen (secondary N) is 4. The molecule has 3 aromatic carbocycles. The number of amides is 2. The number of phenols is 1. The van der Waals surface area contributed by atoms with Crippen LogP contribution in [0.4, 0.5) is 22.7 Å². The van der Waals surface area contributed by atoms with Gasteiger partial charge < -0.3 is 21.1 Å². The number of carbonyl (C=O) groups is 2. The Bertz CT molecular complexity index is 1290. The van der Waals surface area contributed by atoms with Gasteiger partial charge in [-0.25, -0.2) is 4.21 Å². The molecule has 0 saturated heterocycles. The Labute approximate surface area is 207 Å². The number of benzene rings is 3. The molecule has 186 valence electrons. The van der Waals surface area contributed by atoms with Crippen molar-refractivity contribution in [1.29, 1.82) is 0 Å². The van der Waals surface area contributed by atoms with Gasteiger partial charge in [0.05, 0.1) is 23.9 Å². The summed E-state index contributed by atoms with van der Waals surface area (Å²) in [7, 11) is 1.40. The average Bonchev–Trinajstić information content (AvgIpc) is 3.05. The SMILES string of the molecule is CC(=O)Nc1ccc2c(c1O)C(C)(C)C(=O)N2.CCNc1cccc2c(NS(=O)OC)cccc12. The molecule has 9 nitrogen and oxygen atoms in total. The predicted molar refractivity (Wildman–Crippen MR) is 141 cm³/mol. The summed E-state index contributed by atoms with van der Waals surface area (Å²) < 4.78 is 19.0. The molecule has 5 N–H and O–H groups in total. The molecule has 4 rings (SSSR count). The van der Waals surface area contributed by atoms with Crippen LogP contribution in [-0.2, 0) is 30.5 Å². The van der Waals surface area contributed by atoms with Crippen molar-refractivity contribution in [3.05, 3.63) is 54.1 Å². The number of hydrogen-bond donors (Lipinski definition) is 5. The molecule has 1 aliphatic heterocycles. The number of fused-ring (bicyclic) bond motifs is 2. The minimum Gasteiger partial charge on any atom is -0.505 e. The van der Waals surface area contributed by atoms with Crippen LogP contribution in [0.2, 0.25) is 0 Å². The molecule has 0 fully saturated rings. The first-order chi connectivity index (χ1) is 16.6. The first kappa shape index (κ1) is 26.0. The van der Waals surface area contributed by atoms with Gasteiger partial charge in [0, 0.05) is 41.2 Å². The molecule has 0 saturated carbocycles. The minimum absolute atomic E-state index is 0.0546. The van der Waals surface area contributed by atoms with Crippen molar-refractivity contribution in [2.24, 2.45) is 0 Å². The van der Waals surface area contributed by atoms with Crippen molar-refractivity contribution in [2.75, 3.05) is 34.3 Å². The zero-order chi connectivity index (χ0) is 25.8. The Morgan fingerprint density at radius 2 is 1.69 bits per heavy atom. The van der Waals surface area contributed by atoms with Crippen LogP contribution in [0.25, 0.3) is 10.8 Å². The molecule has 35 heavy (non-hydrogen) atoms. The van der Waals surface area contributed by atoms with Crippen LogP contribution in [-0.4, -0.2) is 34.8 Å². The summed E-state index contributed by atoms with van der Waals surface area (Å²) >= 11 is -1.51. The summed E-state index contributed by atoms with van der Waals surface area (Å²) in [4.78, 5) is 22.7. The summed E-state index contributed by atoms with van der Waals surface area (Å²) in [5.74, 6) is -0.487. The van der Waals surface area contributed by atoms with E-state index in [0.717, 1.165) is 28.7 Å². The maximum atomic E-state index is 11.7. The van der Waals surface area contributed by atoms with Crippen molar-refractivity contribution in [3.8, 4) is 5.75 Å². The van der Waals surface area contributed by atoms with Crippen molar-refractivity contribution in [1.82, 2.24) is 0 Å². The van der Waals surface area contributed by atoms with Crippen LogP contribution >= 0.6 is 0 Å². The fourth-order valence-electron chi connectivity index (χ4n) is 3.89. The molecule has 0 bridgehead atoms. The highest BCUT2D eigenvalue weighted by atomic mass is 32.2. The van der Waals surface area contributed by atoms with Gasteiger partial charge in [-0.2, -0.15) is 0 Å². The Kier molecular flexibility index (Phi) is 7.98. The Balaban J connectivity index is 0.000000196. The van der Waals surface area contributed by atoms with Gasteiger partial charge in [-0.1, -0.05) is 24.3 Å². The van der Waals surface area contributed by atoms with Crippen molar-refractivity contribution < 1.29 is 23.1 Å². The summed E-state index contributed by atoms with van der Waals surface area (Å²) in [5, 5.41) is 20.7. The first-order valence-corrected chi connectivity index (χ1v) is 12.1. The van der Waals surface area contributed by atoms with E-state index in [1.807, 2.05) is 36.4 Å². The zero-order valence-corrected chi connectivity index (χ0v) is 21.1. The van der Waals surface area contributed by atoms with Gasteiger partial charge in [0.15, 0.2) is 0 Å². The maximum absolute atomic E-state index is 11.7. The van der Waals surface area contributed by atoms with Gasteiger partial charge in [0.25, 0.3) is 11.3 Å². The lowest BCUT2D eigenvalue weighted by Crippen LogP contribution is -2.27. The number of anilines is 4. The number of carbonyl (C=O) groups excluding carboxylic acids is 2. The quantitative estimate of drug-likeness (QED) is 0.319. The first-order valence-electron chi connectivity index (χ1n) is 11.0. The minimum atomic E-state index is -1.51. The standard InChI is InChI=1S/C13H16N2O2S.C12H14N2O3/c1-3-14-12-8-4-7-11-10(12)6-5-9-13(11)15-18(16)17-2;1-6(15)13-8-5-4-7-9(10(8)16)12(2,3)11(17)14-7/h4-9,14-15H,3H2,1-2H3;4-5,16H,1-3H3,(H,13,15)(H,14,17). The van der Waals surface area contributed by atoms with Gasteiger partial charge >= 0.3 is 0 Å². The highest BCUT2D eigenvalue weighted by molar-refractivity contribution is 7.81. The van der Waals surface area contributed by atoms with E-state index in [4.69, 9.17) is 4.18 Å². The Morgan fingerprint density at radius 1 is 1.06 bits per heavy atom. The molecule has 0 radical (unpaired) electrons. The molecule has 1 atom stereocenters.